The number of anilines is 1. The minimum atomic E-state index is -0.222. The molecule has 1 aromatic carbocycles. The van der Waals surface area contributed by atoms with Crippen molar-refractivity contribution < 1.29 is 9.53 Å². The Hall–Kier alpha value is -2.65. The quantitative estimate of drug-likeness (QED) is 0.738. The van der Waals surface area contributed by atoms with Gasteiger partial charge in [0.05, 0.1) is 17.2 Å². The molecule has 0 bridgehead atoms. The maximum atomic E-state index is 12.4. The zero-order valence-electron chi connectivity index (χ0n) is 13.9. The van der Waals surface area contributed by atoms with Crippen LogP contribution < -0.4 is 10.9 Å². The van der Waals surface area contributed by atoms with Gasteiger partial charge in [-0.15, -0.1) is 10.2 Å². The molecule has 0 radical (unpaired) electrons. The van der Waals surface area contributed by atoms with Gasteiger partial charge in [0.15, 0.2) is 0 Å². The zero-order chi connectivity index (χ0) is 17.9. The van der Waals surface area contributed by atoms with E-state index in [1.807, 2.05) is 6.07 Å². The van der Waals surface area contributed by atoms with Gasteiger partial charge < -0.3 is 10.1 Å². The van der Waals surface area contributed by atoms with E-state index in [4.69, 9.17) is 4.74 Å². The zero-order valence-corrected chi connectivity index (χ0v) is 14.7. The van der Waals surface area contributed by atoms with Crippen molar-refractivity contribution in [2.45, 2.75) is 31.9 Å². The second-order valence-electron chi connectivity index (χ2n) is 6.01. The summed E-state index contributed by atoms with van der Waals surface area (Å²) in [5.74, 6) is -0.222. The van der Waals surface area contributed by atoms with Crippen molar-refractivity contribution in [3.8, 4) is 0 Å². The molecule has 3 aromatic rings. The van der Waals surface area contributed by atoms with Gasteiger partial charge in [-0.05, 0) is 25.0 Å². The van der Waals surface area contributed by atoms with E-state index in [1.54, 1.807) is 18.2 Å². The first kappa shape index (κ1) is 16.8. The van der Waals surface area contributed by atoms with Crippen LogP contribution in [0.3, 0.4) is 0 Å². The fourth-order valence-electron chi connectivity index (χ4n) is 2.86. The van der Waals surface area contributed by atoms with Gasteiger partial charge in [-0.3, -0.25) is 14.2 Å². The molecule has 3 heterocycles. The third kappa shape index (κ3) is 3.49. The van der Waals surface area contributed by atoms with E-state index in [0.717, 1.165) is 24.5 Å². The number of carbonyl (C=O) groups is 1. The standard InChI is InChI=1S/C17H17N5O3S/c23-14(19-17-21-20-15(26-17)13-6-3-9-25-13)7-8-22-10-18-12-5-2-1-4-11(12)16(22)24/h1-2,4-5,10,13H,3,6-9H2,(H,19,21,23)/t13-/m0/s1. The van der Waals surface area contributed by atoms with Crippen molar-refractivity contribution in [2.75, 3.05) is 11.9 Å². The molecule has 0 aliphatic carbocycles. The number of rotatable bonds is 5. The Morgan fingerprint density at radius 3 is 3.08 bits per heavy atom. The van der Waals surface area contributed by atoms with Gasteiger partial charge in [0.2, 0.25) is 11.0 Å². The molecule has 1 aliphatic rings. The van der Waals surface area contributed by atoms with Gasteiger partial charge in [0.1, 0.15) is 11.1 Å². The number of aromatic nitrogens is 4. The van der Waals surface area contributed by atoms with E-state index < -0.39 is 0 Å². The molecule has 1 fully saturated rings. The Labute approximate surface area is 152 Å². The highest BCUT2D eigenvalue weighted by Gasteiger charge is 2.22. The molecule has 1 amide bonds. The summed E-state index contributed by atoms with van der Waals surface area (Å²) in [4.78, 5) is 28.8. The Bertz CT molecular complexity index is 993. The third-order valence-electron chi connectivity index (χ3n) is 4.20. The molecule has 134 valence electrons. The van der Waals surface area contributed by atoms with E-state index in [-0.39, 0.29) is 30.5 Å². The van der Waals surface area contributed by atoms with Crippen LogP contribution in [0.1, 0.15) is 30.4 Å². The summed E-state index contributed by atoms with van der Waals surface area (Å²) in [6.45, 7) is 0.986. The van der Waals surface area contributed by atoms with E-state index in [1.165, 1.54) is 22.2 Å². The maximum absolute atomic E-state index is 12.4. The van der Waals surface area contributed by atoms with Crippen LogP contribution in [0.25, 0.3) is 10.9 Å². The Morgan fingerprint density at radius 1 is 1.35 bits per heavy atom. The van der Waals surface area contributed by atoms with Gasteiger partial charge in [0.25, 0.3) is 5.56 Å². The molecule has 2 aromatic heterocycles. The summed E-state index contributed by atoms with van der Waals surface area (Å²) >= 11 is 1.33. The Morgan fingerprint density at radius 2 is 2.23 bits per heavy atom. The summed E-state index contributed by atoms with van der Waals surface area (Å²) in [5.41, 5.74) is 0.494. The summed E-state index contributed by atoms with van der Waals surface area (Å²) in [6.07, 6.45) is 3.55. The smallest absolute Gasteiger partial charge is 0.261 e. The molecule has 1 aliphatic heterocycles. The first-order valence-corrected chi connectivity index (χ1v) is 9.21. The van der Waals surface area contributed by atoms with Gasteiger partial charge in [-0.2, -0.15) is 0 Å². The predicted molar refractivity (Wildman–Crippen MR) is 97.1 cm³/mol. The molecule has 8 nitrogen and oxygen atoms in total. The number of nitrogens with zero attached hydrogens (tertiary/aromatic N) is 4. The fourth-order valence-corrected chi connectivity index (χ4v) is 3.70. The SMILES string of the molecule is O=C(CCn1cnc2ccccc2c1=O)Nc1nnc([C@@H]2CCCO2)s1. The Balaban J connectivity index is 1.38. The maximum Gasteiger partial charge on any atom is 0.261 e. The molecule has 9 heteroatoms. The number of carbonyl (C=O) groups excluding carboxylic acids is 1. The molecule has 1 atom stereocenters. The molecular weight excluding hydrogens is 354 g/mol. The van der Waals surface area contributed by atoms with Crippen molar-refractivity contribution in [3.63, 3.8) is 0 Å². The number of para-hydroxylation sites is 1. The summed E-state index contributed by atoms with van der Waals surface area (Å²) in [6, 6.07) is 7.15. The lowest BCUT2D eigenvalue weighted by molar-refractivity contribution is -0.116. The number of amides is 1. The van der Waals surface area contributed by atoms with Crippen molar-refractivity contribution in [1.82, 2.24) is 19.7 Å². The van der Waals surface area contributed by atoms with Crippen LogP contribution in [0.15, 0.2) is 35.4 Å². The largest absolute Gasteiger partial charge is 0.371 e. The van der Waals surface area contributed by atoms with Gasteiger partial charge in [-0.1, -0.05) is 23.5 Å². The lowest BCUT2D eigenvalue weighted by Gasteiger charge is -2.06. The lowest BCUT2D eigenvalue weighted by atomic mass is 10.2. The average Bonchev–Trinajstić information content (AvgIpc) is 3.33. The van der Waals surface area contributed by atoms with Crippen LogP contribution in [0, 0.1) is 0 Å². The molecule has 4 rings (SSSR count). The highest BCUT2D eigenvalue weighted by molar-refractivity contribution is 7.15. The number of nitrogens with one attached hydrogen (secondary N) is 1. The number of benzene rings is 1. The van der Waals surface area contributed by atoms with Crippen molar-refractivity contribution in [1.29, 1.82) is 0 Å². The minimum absolute atomic E-state index is 0.0135. The molecular formula is C17H17N5O3S. The number of aryl methyl sites for hydroxylation is 1. The van der Waals surface area contributed by atoms with Gasteiger partial charge in [0, 0.05) is 19.6 Å². The van der Waals surface area contributed by atoms with Crippen LogP contribution in [0.2, 0.25) is 0 Å². The first-order valence-electron chi connectivity index (χ1n) is 8.40. The van der Waals surface area contributed by atoms with Gasteiger partial charge >= 0.3 is 0 Å². The number of hydrogen-bond acceptors (Lipinski definition) is 7. The van der Waals surface area contributed by atoms with Crippen LogP contribution >= 0.6 is 11.3 Å². The molecule has 0 spiro atoms. The normalized spacial score (nSPS) is 16.8. The second-order valence-corrected chi connectivity index (χ2v) is 7.01. The van der Waals surface area contributed by atoms with Crippen LogP contribution in [0.5, 0.6) is 0 Å². The topological polar surface area (TPSA) is 99.0 Å². The number of ether oxygens (including phenoxy) is 1. The highest BCUT2D eigenvalue weighted by Crippen LogP contribution is 2.31. The third-order valence-corrected chi connectivity index (χ3v) is 5.13. The highest BCUT2D eigenvalue weighted by atomic mass is 32.1. The van der Waals surface area contributed by atoms with Crippen LogP contribution in [-0.2, 0) is 16.1 Å². The van der Waals surface area contributed by atoms with E-state index in [9.17, 15) is 9.59 Å². The van der Waals surface area contributed by atoms with E-state index in [0.29, 0.717) is 16.0 Å². The minimum Gasteiger partial charge on any atom is -0.371 e. The summed E-state index contributed by atoms with van der Waals surface area (Å²) < 4.78 is 7.01. The first-order chi connectivity index (χ1) is 12.7. The average molecular weight is 371 g/mol. The van der Waals surface area contributed by atoms with Crippen LogP contribution in [-0.4, -0.2) is 32.3 Å². The van der Waals surface area contributed by atoms with Crippen LogP contribution in [0.4, 0.5) is 5.13 Å². The van der Waals surface area contributed by atoms with E-state index in [2.05, 4.69) is 20.5 Å². The predicted octanol–water partition coefficient (Wildman–Crippen LogP) is 2.13. The summed E-state index contributed by atoms with van der Waals surface area (Å²) in [7, 11) is 0. The summed E-state index contributed by atoms with van der Waals surface area (Å²) in [5, 5.41) is 12.6. The fraction of sp³-hybridized carbons (Fsp3) is 0.353. The van der Waals surface area contributed by atoms with Crippen molar-refractivity contribution in [2.24, 2.45) is 0 Å². The van der Waals surface area contributed by atoms with Gasteiger partial charge in [-0.25, -0.2) is 4.98 Å². The Kier molecular flexibility index (Phi) is 4.72. The number of hydrogen-bond donors (Lipinski definition) is 1. The molecule has 0 unspecified atom stereocenters. The number of fused-ring (bicyclic) bond motifs is 1. The van der Waals surface area contributed by atoms with E-state index >= 15 is 0 Å². The molecule has 1 N–H and O–H groups in total. The van der Waals surface area contributed by atoms with Crippen molar-refractivity contribution >= 4 is 33.3 Å². The van der Waals surface area contributed by atoms with Crippen molar-refractivity contribution in [3.05, 3.63) is 46.0 Å². The molecule has 26 heavy (non-hydrogen) atoms. The monoisotopic (exact) mass is 371 g/mol. The lowest BCUT2D eigenvalue weighted by Crippen LogP contribution is -2.23. The molecule has 1 saturated heterocycles. The molecule has 0 saturated carbocycles. The second kappa shape index (κ2) is 7.30.